The van der Waals surface area contributed by atoms with Crippen LogP contribution in [0.15, 0.2) is 30.3 Å². The number of nitrogens with zero attached hydrogens (tertiary/aromatic N) is 5. The van der Waals surface area contributed by atoms with Gasteiger partial charge in [0.2, 0.25) is 11.7 Å². The SMILES string of the molecule is CC(C)[C@H](C(=O)N1CC[C@](C)(C(=O)O)C1)n1nnc(-c2ccccc2)n1. The minimum absolute atomic E-state index is 0.0583. The van der Waals surface area contributed by atoms with Crippen molar-refractivity contribution in [3.05, 3.63) is 30.3 Å². The second-order valence-electron chi connectivity index (χ2n) is 7.36. The summed E-state index contributed by atoms with van der Waals surface area (Å²) < 4.78 is 0. The molecule has 138 valence electrons. The van der Waals surface area contributed by atoms with E-state index in [0.29, 0.717) is 18.8 Å². The molecule has 0 aliphatic carbocycles. The molecule has 0 bridgehead atoms. The molecule has 8 heteroatoms. The van der Waals surface area contributed by atoms with Crippen molar-refractivity contribution in [1.29, 1.82) is 0 Å². The molecule has 26 heavy (non-hydrogen) atoms. The van der Waals surface area contributed by atoms with Gasteiger partial charge in [0.15, 0.2) is 6.04 Å². The van der Waals surface area contributed by atoms with Crippen LogP contribution >= 0.6 is 0 Å². The average Bonchev–Trinajstić information content (AvgIpc) is 3.23. The maximum atomic E-state index is 13.0. The Morgan fingerprint density at radius 3 is 2.50 bits per heavy atom. The predicted octanol–water partition coefficient (Wildman–Crippen LogP) is 1.86. The topological polar surface area (TPSA) is 101 Å². The molecule has 0 spiro atoms. The molecule has 2 aromatic rings. The summed E-state index contributed by atoms with van der Waals surface area (Å²) in [4.78, 5) is 27.4. The van der Waals surface area contributed by atoms with Gasteiger partial charge in [-0.1, -0.05) is 44.2 Å². The molecule has 3 rings (SSSR count). The Kier molecular flexibility index (Phi) is 4.76. The lowest BCUT2D eigenvalue weighted by molar-refractivity contribution is -0.147. The minimum Gasteiger partial charge on any atom is -0.481 e. The van der Waals surface area contributed by atoms with Crippen molar-refractivity contribution in [2.75, 3.05) is 13.1 Å². The van der Waals surface area contributed by atoms with E-state index in [1.165, 1.54) is 4.80 Å². The molecule has 1 saturated heterocycles. The van der Waals surface area contributed by atoms with Crippen LogP contribution in [0.1, 0.15) is 33.2 Å². The largest absolute Gasteiger partial charge is 0.481 e. The van der Waals surface area contributed by atoms with Gasteiger partial charge in [-0.15, -0.1) is 10.2 Å². The number of carboxylic acid groups (broad SMARTS) is 1. The third-order valence-electron chi connectivity index (χ3n) is 4.89. The van der Waals surface area contributed by atoms with E-state index in [0.717, 1.165) is 5.56 Å². The number of rotatable bonds is 5. The summed E-state index contributed by atoms with van der Waals surface area (Å²) in [6, 6.07) is 8.83. The molecule has 2 heterocycles. The van der Waals surface area contributed by atoms with Crippen LogP contribution in [0.5, 0.6) is 0 Å². The highest BCUT2D eigenvalue weighted by Crippen LogP contribution is 2.32. The number of benzene rings is 1. The predicted molar refractivity (Wildman–Crippen MR) is 94.1 cm³/mol. The second kappa shape index (κ2) is 6.86. The van der Waals surface area contributed by atoms with Crippen LogP contribution in [-0.2, 0) is 9.59 Å². The number of carbonyl (C=O) groups is 2. The maximum Gasteiger partial charge on any atom is 0.311 e. The Bertz CT molecular complexity index is 804. The molecule has 0 radical (unpaired) electrons. The third kappa shape index (κ3) is 3.31. The van der Waals surface area contributed by atoms with E-state index >= 15 is 0 Å². The van der Waals surface area contributed by atoms with Crippen LogP contribution < -0.4 is 0 Å². The Balaban J connectivity index is 1.83. The number of carbonyl (C=O) groups excluding carboxylic acids is 1. The fourth-order valence-electron chi connectivity index (χ4n) is 3.21. The quantitative estimate of drug-likeness (QED) is 0.876. The summed E-state index contributed by atoms with van der Waals surface area (Å²) in [6.07, 6.45) is 0.443. The number of carboxylic acids is 1. The van der Waals surface area contributed by atoms with Crippen molar-refractivity contribution in [2.45, 2.75) is 33.2 Å². The number of tetrazole rings is 1. The normalized spacial score (nSPS) is 21.2. The summed E-state index contributed by atoms with van der Waals surface area (Å²) >= 11 is 0. The molecule has 2 atom stereocenters. The van der Waals surface area contributed by atoms with Crippen LogP contribution in [0.2, 0.25) is 0 Å². The second-order valence-corrected chi connectivity index (χ2v) is 7.36. The fourth-order valence-corrected chi connectivity index (χ4v) is 3.21. The van der Waals surface area contributed by atoms with Crippen molar-refractivity contribution in [3.8, 4) is 11.4 Å². The van der Waals surface area contributed by atoms with Crippen molar-refractivity contribution in [2.24, 2.45) is 11.3 Å². The van der Waals surface area contributed by atoms with Crippen LogP contribution in [0, 0.1) is 11.3 Å². The van der Waals surface area contributed by atoms with Crippen LogP contribution in [-0.4, -0.2) is 55.2 Å². The van der Waals surface area contributed by atoms with Gasteiger partial charge in [0.25, 0.3) is 0 Å². The molecule has 1 amide bonds. The number of amides is 1. The number of hydrogen-bond donors (Lipinski definition) is 1. The molecule has 0 unspecified atom stereocenters. The number of hydrogen-bond acceptors (Lipinski definition) is 5. The van der Waals surface area contributed by atoms with E-state index in [1.807, 2.05) is 44.2 Å². The first-order valence-electron chi connectivity index (χ1n) is 8.69. The highest BCUT2D eigenvalue weighted by Gasteiger charge is 2.44. The summed E-state index contributed by atoms with van der Waals surface area (Å²) in [5, 5.41) is 21.9. The lowest BCUT2D eigenvalue weighted by atomic mass is 9.90. The Morgan fingerprint density at radius 2 is 1.92 bits per heavy atom. The third-order valence-corrected chi connectivity index (χ3v) is 4.89. The van der Waals surface area contributed by atoms with Gasteiger partial charge in [0, 0.05) is 18.7 Å². The highest BCUT2D eigenvalue weighted by atomic mass is 16.4. The first-order chi connectivity index (χ1) is 12.3. The Hall–Kier alpha value is -2.77. The molecule has 1 aromatic carbocycles. The molecule has 0 saturated carbocycles. The average molecular weight is 357 g/mol. The van der Waals surface area contributed by atoms with E-state index in [-0.39, 0.29) is 18.4 Å². The molecule has 1 aromatic heterocycles. The van der Waals surface area contributed by atoms with E-state index in [1.54, 1.807) is 11.8 Å². The lowest BCUT2D eigenvalue weighted by Crippen LogP contribution is -2.41. The van der Waals surface area contributed by atoms with Gasteiger partial charge in [-0.25, -0.2) is 0 Å². The van der Waals surface area contributed by atoms with Crippen molar-refractivity contribution < 1.29 is 14.7 Å². The molecule has 8 nitrogen and oxygen atoms in total. The van der Waals surface area contributed by atoms with Crippen LogP contribution in [0.4, 0.5) is 0 Å². The van der Waals surface area contributed by atoms with Gasteiger partial charge in [0.05, 0.1) is 5.41 Å². The van der Waals surface area contributed by atoms with Crippen LogP contribution in [0.25, 0.3) is 11.4 Å². The van der Waals surface area contributed by atoms with Gasteiger partial charge in [0.1, 0.15) is 0 Å². The van der Waals surface area contributed by atoms with Crippen molar-refractivity contribution in [1.82, 2.24) is 25.1 Å². The maximum absolute atomic E-state index is 13.0. The molecule has 1 N–H and O–H groups in total. The first-order valence-corrected chi connectivity index (χ1v) is 8.69. The number of aromatic nitrogens is 4. The Morgan fingerprint density at radius 1 is 1.23 bits per heavy atom. The van der Waals surface area contributed by atoms with Crippen molar-refractivity contribution in [3.63, 3.8) is 0 Å². The smallest absolute Gasteiger partial charge is 0.311 e. The minimum atomic E-state index is -0.901. The van der Waals surface area contributed by atoms with E-state index in [4.69, 9.17) is 0 Å². The molecular weight excluding hydrogens is 334 g/mol. The number of likely N-dealkylation sites (tertiary alicyclic amines) is 1. The van der Waals surface area contributed by atoms with Gasteiger partial charge in [-0.05, 0) is 24.5 Å². The number of aliphatic carboxylic acids is 1. The summed E-state index contributed by atoms with van der Waals surface area (Å²) in [5.74, 6) is -0.640. The van der Waals surface area contributed by atoms with E-state index in [2.05, 4.69) is 15.4 Å². The van der Waals surface area contributed by atoms with Gasteiger partial charge in [-0.3, -0.25) is 9.59 Å². The standard InChI is InChI=1S/C18H23N5O3/c1-12(2)14(16(24)22-10-9-18(3,11-22)17(25)26)23-20-15(19-21-23)13-7-5-4-6-8-13/h4-8,12,14H,9-11H2,1-3H3,(H,25,26)/t14-,18+/m1/s1. The van der Waals surface area contributed by atoms with E-state index < -0.39 is 17.4 Å². The fraction of sp³-hybridized carbons (Fsp3) is 0.500. The monoisotopic (exact) mass is 357 g/mol. The summed E-state index contributed by atoms with van der Waals surface area (Å²) in [6.45, 7) is 6.13. The van der Waals surface area contributed by atoms with Gasteiger partial charge >= 0.3 is 5.97 Å². The zero-order valence-electron chi connectivity index (χ0n) is 15.2. The Labute approximate surface area is 151 Å². The van der Waals surface area contributed by atoms with Gasteiger partial charge < -0.3 is 10.0 Å². The van der Waals surface area contributed by atoms with Crippen molar-refractivity contribution >= 4 is 11.9 Å². The van der Waals surface area contributed by atoms with E-state index in [9.17, 15) is 14.7 Å². The summed E-state index contributed by atoms with van der Waals surface area (Å²) in [7, 11) is 0. The molecule has 1 fully saturated rings. The first kappa shape index (κ1) is 18.0. The molecule has 1 aliphatic heterocycles. The lowest BCUT2D eigenvalue weighted by Gasteiger charge is -2.26. The molecular formula is C18H23N5O3. The van der Waals surface area contributed by atoms with Crippen LogP contribution in [0.3, 0.4) is 0 Å². The zero-order valence-corrected chi connectivity index (χ0v) is 15.2. The van der Waals surface area contributed by atoms with Gasteiger partial charge in [-0.2, -0.15) is 4.80 Å². The highest BCUT2D eigenvalue weighted by molar-refractivity contribution is 5.83. The summed E-state index contributed by atoms with van der Waals surface area (Å²) in [5.41, 5.74) is -0.0735. The zero-order chi connectivity index (χ0) is 18.9. The molecule has 1 aliphatic rings.